The first-order valence-corrected chi connectivity index (χ1v) is 9.12. The summed E-state index contributed by atoms with van der Waals surface area (Å²) < 4.78 is 41.4. The minimum Gasteiger partial charge on any atom is -0.506 e. The van der Waals surface area contributed by atoms with Crippen molar-refractivity contribution < 1.29 is 22.7 Å². The number of phenols is 1. The number of carbonyl (C=O) groups excluding carboxylic acids is 1. The second-order valence-electron chi connectivity index (χ2n) is 6.22. The number of hydrogen-bond donors (Lipinski definition) is 3. The average Bonchev–Trinajstić information content (AvgIpc) is 3.01. The van der Waals surface area contributed by atoms with Crippen LogP contribution in [-0.2, 0) is 15.0 Å². The summed E-state index contributed by atoms with van der Waals surface area (Å²) in [6, 6.07) is 3.12. The predicted octanol–water partition coefficient (Wildman–Crippen LogP) is 0.620. The van der Waals surface area contributed by atoms with Crippen molar-refractivity contribution in [3.63, 3.8) is 0 Å². The Balaban J connectivity index is 1.82. The maximum absolute atomic E-state index is 15.1. The lowest BCUT2D eigenvalue weighted by Crippen LogP contribution is -2.34. The third kappa shape index (κ3) is 2.27. The van der Waals surface area contributed by atoms with E-state index in [2.05, 4.69) is 5.32 Å². The van der Waals surface area contributed by atoms with Gasteiger partial charge < -0.3 is 10.4 Å². The van der Waals surface area contributed by atoms with Gasteiger partial charge in [-0.2, -0.15) is 8.42 Å². The normalized spacial score (nSPS) is 28.0. The molecule has 2 atom stereocenters. The van der Waals surface area contributed by atoms with Crippen molar-refractivity contribution in [3.05, 3.63) is 29.6 Å². The molecule has 1 aromatic rings. The third-order valence-electron chi connectivity index (χ3n) is 4.71. The van der Waals surface area contributed by atoms with Crippen LogP contribution in [0.1, 0.15) is 24.8 Å². The monoisotopic (exact) mass is 353 g/mol. The second-order valence-corrected chi connectivity index (χ2v) is 7.82. The van der Waals surface area contributed by atoms with Crippen LogP contribution in [0.4, 0.5) is 10.1 Å². The number of benzene rings is 1. The molecule has 2 bridgehead atoms. The molecule has 0 saturated carbocycles. The zero-order valence-electron chi connectivity index (χ0n) is 12.6. The van der Waals surface area contributed by atoms with Crippen molar-refractivity contribution in [2.45, 2.75) is 31.3 Å². The summed E-state index contributed by atoms with van der Waals surface area (Å²) >= 11 is 0. The lowest BCUT2D eigenvalue weighted by atomic mass is 9.94. The average molecular weight is 353 g/mol. The Labute approximate surface area is 138 Å². The smallest absolute Gasteiger partial charge is 0.326 e. The van der Waals surface area contributed by atoms with Gasteiger partial charge in [-0.05, 0) is 37.0 Å². The number of rotatable bonds is 2. The molecule has 3 N–H and O–H groups in total. The fourth-order valence-corrected chi connectivity index (χ4v) is 4.78. The van der Waals surface area contributed by atoms with Gasteiger partial charge in [0.25, 0.3) is 5.91 Å². The number of hydrogen-bond acceptors (Lipinski definition) is 5. The van der Waals surface area contributed by atoms with E-state index in [1.807, 2.05) is 6.08 Å². The molecule has 1 amide bonds. The van der Waals surface area contributed by atoms with E-state index in [0.717, 1.165) is 24.8 Å². The highest BCUT2D eigenvalue weighted by Crippen LogP contribution is 2.40. The molecule has 3 heterocycles. The predicted molar refractivity (Wildman–Crippen MR) is 85.0 cm³/mol. The summed E-state index contributed by atoms with van der Waals surface area (Å²) in [6.07, 6.45) is 4.63. The molecule has 24 heavy (non-hydrogen) atoms. The first-order chi connectivity index (χ1) is 11.4. The summed E-state index contributed by atoms with van der Waals surface area (Å²) in [7, 11) is -4.19. The van der Waals surface area contributed by atoms with E-state index in [-0.39, 0.29) is 11.6 Å². The Morgan fingerprint density at radius 1 is 1.29 bits per heavy atom. The van der Waals surface area contributed by atoms with Crippen LogP contribution in [-0.4, -0.2) is 38.1 Å². The van der Waals surface area contributed by atoms with Crippen LogP contribution < -0.4 is 14.3 Å². The molecule has 4 rings (SSSR count). The zero-order chi connectivity index (χ0) is 17.1. The van der Waals surface area contributed by atoms with E-state index >= 15 is 4.39 Å². The van der Waals surface area contributed by atoms with Crippen molar-refractivity contribution >= 4 is 27.4 Å². The maximum Gasteiger partial charge on any atom is 0.326 e. The van der Waals surface area contributed by atoms with Crippen LogP contribution in [0.25, 0.3) is 5.57 Å². The number of nitrogens with one attached hydrogen (secondary N) is 2. The van der Waals surface area contributed by atoms with Gasteiger partial charge in [0, 0.05) is 17.6 Å². The number of halogens is 1. The standard InChI is InChI=1S/C15H16FN3O4S/c16-14-10(9-3-1-8-2-5-11(9)17-8)4-6-12(20)15(14)19-7-13(21)18-24(19,22)23/h3-4,6,8,11,17,20H,1-2,5,7H2,(H,18,21). The van der Waals surface area contributed by atoms with Crippen LogP contribution in [0, 0.1) is 5.82 Å². The van der Waals surface area contributed by atoms with E-state index in [1.165, 1.54) is 12.1 Å². The van der Waals surface area contributed by atoms with Gasteiger partial charge in [-0.1, -0.05) is 6.08 Å². The molecule has 0 radical (unpaired) electrons. The Morgan fingerprint density at radius 3 is 2.79 bits per heavy atom. The number of fused-ring (bicyclic) bond motifs is 2. The highest BCUT2D eigenvalue weighted by molar-refractivity contribution is 7.92. The Hall–Kier alpha value is -2.13. The van der Waals surface area contributed by atoms with Crippen LogP contribution in [0.5, 0.6) is 5.75 Å². The van der Waals surface area contributed by atoms with Crippen LogP contribution in [0.15, 0.2) is 18.2 Å². The molecule has 0 aromatic heterocycles. The Bertz CT molecular complexity index is 868. The Kier molecular flexibility index (Phi) is 3.33. The molecule has 2 saturated heterocycles. The molecular formula is C15H16FN3O4S. The summed E-state index contributed by atoms with van der Waals surface area (Å²) in [5, 5.41) is 13.4. The van der Waals surface area contributed by atoms with Gasteiger partial charge in [-0.15, -0.1) is 0 Å². The lowest BCUT2D eigenvalue weighted by Gasteiger charge is -2.25. The quantitative estimate of drug-likeness (QED) is 0.724. The molecule has 2 unspecified atom stereocenters. The van der Waals surface area contributed by atoms with Gasteiger partial charge in [0.15, 0.2) is 5.82 Å². The first-order valence-electron chi connectivity index (χ1n) is 7.68. The third-order valence-corrected chi connectivity index (χ3v) is 6.09. The topological polar surface area (TPSA) is 98.7 Å². The molecule has 3 aliphatic heterocycles. The summed E-state index contributed by atoms with van der Waals surface area (Å²) in [4.78, 5) is 11.4. The number of amides is 1. The van der Waals surface area contributed by atoms with Gasteiger partial charge in [-0.25, -0.2) is 13.4 Å². The van der Waals surface area contributed by atoms with Gasteiger partial charge >= 0.3 is 10.2 Å². The van der Waals surface area contributed by atoms with E-state index in [0.29, 0.717) is 10.3 Å². The Morgan fingerprint density at radius 2 is 2.08 bits per heavy atom. The number of nitrogens with zero attached hydrogens (tertiary/aromatic N) is 1. The molecule has 9 heteroatoms. The highest BCUT2D eigenvalue weighted by Gasteiger charge is 2.39. The number of anilines is 1. The first kappa shape index (κ1) is 15.4. The molecule has 0 aliphatic carbocycles. The molecular weight excluding hydrogens is 337 g/mol. The van der Waals surface area contributed by atoms with Crippen molar-refractivity contribution in [2.75, 3.05) is 10.8 Å². The highest BCUT2D eigenvalue weighted by atomic mass is 32.2. The van der Waals surface area contributed by atoms with E-state index in [4.69, 9.17) is 0 Å². The molecule has 2 fully saturated rings. The number of aromatic hydroxyl groups is 1. The molecule has 128 valence electrons. The van der Waals surface area contributed by atoms with Crippen molar-refractivity contribution in [1.29, 1.82) is 0 Å². The van der Waals surface area contributed by atoms with Crippen LogP contribution in [0.3, 0.4) is 0 Å². The van der Waals surface area contributed by atoms with Crippen LogP contribution >= 0.6 is 0 Å². The SMILES string of the molecule is O=C1CN(c2c(O)ccc(C3=CCC4CCC3N4)c2F)S(=O)(=O)N1. The van der Waals surface area contributed by atoms with E-state index < -0.39 is 39.9 Å². The van der Waals surface area contributed by atoms with Gasteiger partial charge in [0.2, 0.25) is 0 Å². The molecule has 7 nitrogen and oxygen atoms in total. The van der Waals surface area contributed by atoms with Gasteiger partial charge in [0.05, 0.1) is 0 Å². The zero-order valence-corrected chi connectivity index (χ0v) is 13.4. The van der Waals surface area contributed by atoms with Crippen molar-refractivity contribution in [3.8, 4) is 5.75 Å². The van der Waals surface area contributed by atoms with Gasteiger partial charge in [0.1, 0.15) is 18.0 Å². The summed E-state index contributed by atoms with van der Waals surface area (Å²) in [6.45, 7) is -0.556. The van der Waals surface area contributed by atoms with E-state index in [9.17, 15) is 18.3 Å². The fourth-order valence-electron chi connectivity index (χ4n) is 3.62. The second kappa shape index (κ2) is 5.18. The minimum atomic E-state index is -4.19. The van der Waals surface area contributed by atoms with Crippen molar-refractivity contribution in [1.82, 2.24) is 10.0 Å². The molecule has 0 spiro atoms. The fraction of sp³-hybridized carbons (Fsp3) is 0.400. The van der Waals surface area contributed by atoms with Crippen LogP contribution in [0.2, 0.25) is 0 Å². The summed E-state index contributed by atoms with van der Waals surface area (Å²) in [5.41, 5.74) is 0.514. The number of phenolic OH excluding ortho intramolecular Hbond substituents is 1. The minimum absolute atomic E-state index is 0.0191. The van der Waals surface area contributed by atoms with Gasteiger partial charge in [-0.3, -0.25) is 4.79 Å². The lowest BCUT2D eigenvalue weighted by molar-refractivity contribution is -0.117. The summed E-state index contributed by atoms with van der Waals surface area (Å²) in [5.74, 6) is -2.13. The molecule has 3 aliphatic rings. The largest absolute Gasteiger partial charge is 0.506 e. The number of carbonyl (C=O) groups is 1. The molecule has 1 aromatic carbocycles. The van der Waals surface area contributed by atoms with Crippen molar-refractivity contribution in [2.24, 2.45) is 0 Å². The van der Waals surface area contributed by atoms with E-state index in [1.54, 1.807) is 4.72 Å². The maximum atomic E-state index is 15.1.